The maximum absolute atomic E-state index is 3.25. The van der Waals surface area contributed by atoms with E-state index < -0.39 is 0 Å². The van der Waals surface area contributed by atoms with Crippen molar-refractivity contribution in [1.29, 1.82) is 0 Å². The van der Waals surface area contributed by atoms with Crippen molar-refractivity contribution in [2.75, 3.05) is 0 Å². The van der Waals surface area contributed by atoms with Crippen LogP contribution in [0.3, 0.4) is 0 Å². The molecule has 29 heavy (non-hydrogen) atoms. The van der Waals surface area contributed by atoms with E-state index in [9.17, 15) is 0 Å². The maximum Gasteiger partial charge on any atom is 0.0252 e. The van der Waals surface area contributed by atoms with Crippen LogP contribution >= 0.6 is 0 Å². The third-order valence-electron chi connectivity index (χ3n) is 4.52. The lowest BCUT2D eigenvalue weighted by molar-refractivity contribution is 0.856. The zero-order chi connectivity index (χ0) is 21.8. The van der Waals surface area contributed by atoms with Crippen LogP contribution in [0.5, 0.6) is 0 Å². The van der Waals surface area contributed by atoms with E-state index in [0.717, 1.165) is 11.1 Å². The van der Waals surface area contributed by atoms with Gasteiger partial charge in [0.15, 0.2) is 0 Å². The summed E-state index contributed by atoms with van der Waals surface area (Å²) < 4.78 is 0. The van der Waals surface area contributed by atoms with Gasteiger partial charge in [-0.3, -0.25) is 0 Å². The monoisotopic (exact) mass is 384 g/mol. The van der Waals surface area contributed by atoms with E-state index in [1.165, 1.54) is 27.8 Å². The van der Waals surface area contributed by atoms with Crippen LogP contribution in [0.1, 0.15) is 72.6 Å². The van der Waals surface area contributed by atoms with Gasteiger partial charge >= 0.3 is 0 Å². The van der Waals surface area contributed by atoms with Gasteiger partial charge in [-0.05, 0) is 69.0 Å². The normalized spacial score (nSPS) is 9.41. The average molecular weight is 385 g/mol. The minimum Gasteiger partial charge on any atom is -0.0683 e. The van der Waals surface area contributed by atoms with Crippen LogP contribution in [0.4, 0.5) is 0 Å². The number of hydrogen-bond donors (Lipinski definition) is 0. The van der Waals surface area contributed by atoms with Crippen LogP contribution < -0.4 is 0 Å². The van der Waals surface area contributed by atoms with Gasteiger partial charge in [-0.1, -0.05) is 98.7 Å². The number of rotatable bonds is 1. The van der Waals surface area contributed by atoms with Crippen molar-refractivity contribution < 1.29 is 0 Å². The second-order valence-electron chi connectivity index (χ2n) is 7.50. The smallest absolute Gasteiger partial charge is 0.0252 e. The van der Waals surface area contributed by atoms with E-state index >= 15 is 0 Å². The molecular weight excluding hydrogens is 348 g/mol. The quantitative estimate of drug-likeness (QED) is 0.371. The lowest BCUT2D eigenvalue weighted by Gasteiger charge is -2.09. The topological polar surface area (TPSA) is 0 Å². The molecule has 0 bridgehead atoms. The first-order valence-corrected chi connectivity index (χ1v) is 10.6. The van der Waals surface area contributed by atoms with Gasteiger partial charge in [-0.25, -0.2) is 0 Å². The lowest BCUT2D eigenvalue weighted by Crippen LogP contribution is -1.92. The van der Waals surface area contributed by atoms with Crippen molar-refractivity contribution in [1.82, 2.24) is 0 Å². The Bertz CT molecular complexity index is 894. The molecule has 0 atom stereocenters. The maximum atomic E-state index is 3.25. The van der Waals surface area contributed by atoms with E-state index in [0.29, 0.717) is 5.92 Å². The lowest BCUT2D eigenvalue weighted by atomic mass is 9.96. The summed E-state index contributed by atoms with van der Waals surface area (Å²) in [5, 5.41) is 0. The van der Waals surface area contributed by atoms with Gasteiger partial charge in [0.2, 0.25) is 0 Å². The molecule has 0 aliphatic heterocycles. The predicted molar refractivity (Wildman–Crippen MR) is 130 cm³/mol. The average Bonchev–Trinajstić information content (AvgIpc) is 2.72. The molecule has 0 N–H and O–H groups in total. The highest BCUT2D eigenvalue weighted by Crippen LogP contribution is 2.20. The molecule has 0 aliphatic rings. The highest BCUT2D eigenvalue weighted by Gasteiger charge is 2.03. The van der Waals surface area contributed by atoms with Crippen molar-refractivity contribution in [3.8, 4) is 11.8 Å². The summed E-state index contributed by atoms with van der Waals surface area (Å²) in [6, 6.07) is 23.3. The van der Waals surface area contributed by atoms with E-state index in [4.69, 9.17) is 0 Å². The van der Waals surface area contributed by atoms with Gasteiger partial charge in [0.1, 0.15) is 0 Å². The van der Waals surface area contributed by atoms with Crippen LogP contribution in [0.25, 0.3) is 0 Å². The first-order chi connectivity index (χ1) is 13.8. The molecule has 0 aliphatic carbocycles. The van der Waals surface area contributed by atoms with Crippen LogP contribution in [0.2, 0.25) is 0 Å². The molecule has 0 nitrogen and oxygen atoms in total. The van der Waals surface area contributed by atoms with Gasteiger partial charge in [-0.2, -0.15) is 0 Å². The van der Waals surface area contributed by atoms with Gasteiger partial charge < -0.3 is 0 Å². The molecule has 152 valence electrons. The molecule has 0 saturated carbocycles. The predicted octanol–water partition coefficient (Wildman–Crippen LogP) is 8.16. The second-order valence-corrected chi connectivity index (χ2v) is 7.50. The van der Waals surface area contributed by atoms with Gasteiger partial charge in [0.05, 0.1) is 0 Å². The molecule has 0 radical (unpaired) electrons. The molecule has 3 aromatic rings. The summed E-state index contributed by atoms with van der Waals surface area (Å²) >= 11 is 0. The summed E-state index contributed by atoms with van der Waals surface area (Å²) in [7, 11) is 0. The third kappa shape index (κ3) is 8.84. The molecule has 0 fully saturated rings. The Morgan fingerprint density at radius 2 is 0.931 bits per heavy atom. The molecule has 3 aromatic carbocycles. The molecule has 0 amide bonds. The van der Waals surface area contributed by atoms with Gasteiger partial charge in [0.25, 0.3) is 0 Å². The minimum atomic E-state index is 0.543. The Morgan fingerprint density at radius 3 is 1.38 bits per heavy atom. The van der Waals surface area contributed by atoms with Gasteiger partial charge in [-0.15, -0.1) is 0 Å². The van der Waals surface area contributed by atoms with E-state index in [1.807, 2.05) is 13.8 Å². The van der Waals surface area contributed by atoms with Crippen molar-refractivity contribution in [3.63, 3.8) is 0 Å². The fourth-order valence-corrected chi connectivity index (χ4v) is 2.76. The first-order valence-electron chi connectivity index (χ1n) is 10.6. The van der Waals surface area contributed by atoms with Crippen molar-refractivity contribution in [2.24, 2.45) is 0 Å². The Hall–Kier alpha value is -2.78. The molecule has 0 heterocycles. The molecule has 0 aromatic heterocycles. The molecular formula is C29H36. The fraction of sp³-hybridized carbons (Fsp3) is 0.310. The van der Waals surface area contributed by atoms with E-state index in [2.05, 4.69) is 120 Å². The number of hydrogen-bond acceptors (Lipinski definition) is 0. The zero-order valence-electron chi connectivity index (χ0n) is 19.4. The molecule has 3 rings (SSSR count). The number of benzene rings is 3. The third-order valence-corrected chi connectivity index (χ3v) is 4.52. The van der Waals surface area contributed by atoms with E-state index in [-0.39, 0.29) is 0 Å². The molecule has 0 spiro atoms. The first kappa shape index (κ1) is 24.3. The van der Waals surface area contributed by atoms with Crippen molar-refractivity contribution in [2.45, 2.75) is 61.3 Å². The summed E-state index contributed by atoms with van der Waals surface area (Å²) in [6.45, 7) is 16.9. The van der Waals surface area contributed by atoms with Gasteiger partial charge in [0, 0.05) is 11.1 Å². The molecule has 0 unspecified atom stereocenters. The Kier molecular flexibility index (Phi) is 10.6. The van der Waals surface area contributed by atoms with Crippen LogP contribution in [-0.4, -0.2) is 0 Å². The standard InChI is InChI=1S/C19H20.C8H10.C2H6/c1-14(2)19-13-18(10-7-16(19)4)12-11-17-8-5-15(3)6-9-17;1-7-3-5-8(2)6-4-7;1-2/h5-10,13-14H,1-4H3;3-6H,1-2H3;1-2H3. The fourth-order valence-electron chi connectivity index (χ4n) is 2.76. The molecule has 0 heteroatoms. The van der Waals surface area contributed by atoms with Crippen LogP contribution in [0.15, 0.2) is 66.7 Å². The largest absolute Gasteiger partial charge is 0.0683 e. The highest BCUT2D eigenvalue weighted by molar-refractivity contribution is 5.46. The number of aryl methyl sites for hydroxylation is 4. The van der Waals surface area contributed by atoms with Crippen LogP contribution in [0, 0.1) is 39.5 Å². The van der Waals surface area contributed by atoms with Crippen LogP contribution in [-0.2, 0) is 0 Å². The summed E-state index contributed by atoms with van der Waals surface area (Å²) in [5.41, 5.74) is 8.81. The van der Waals surface area contributed by atoms with Crippen molar-refractivity contribution in [3.05, 3.63) is 106 Å². The van der Waals surface area contributed by atoms with E-state index in [1.54, 1.807) is 0 Å². The molecule has 0 saturated heterocycles. The Labute approximate surface area is 179 Å². The summed E-state index contributed by atoms with van der Waals surface area (Å²) in [5.74, 6) is 7.02. The minimum absolute atomic E-state index is 0.543. The zero-order valence-corrected chi connectivity index (χ0v) is 19.4. The van der Waals surface area contributed by atoms with Crippen molar-refractivity contribution >= 4 is 0 Å². The summed E-state index contributed by atoms with van der Waals surface area (Å²) in [4.78, 5) is 0. The SMILES string of the molecule is CC.Cc1ccc(C#Cc2ccc(C)c(C(C)C)c2)cc1.Cc1ccc(C)cc1. The summed E-state index contributed by atoms with van der Waals surface area (Å²) in [6.07, 6.45) is 0. The second kappa shape index (κ2) is 12.6. The highest BCUT2D eigenvalue weighted by atomic mass is 14.1. The Morgan fingerprint density at radius 1 is 0.552 bits per heavy atom. The Balaban J connectivity index is 0.000000351.